The first-order valence-electron chi connectivity index (χ1n) is 6.71. The predicted molar refractivity (Wildman–Crippen MR) is 75.4 cm³/mol. The number of anilines is 1. The van der Waals surface area contributed by atoms with Gasteiger partial charge in [0.05, 0.1) is 0 Å². The first-order chi connectivity index (χ1) is 9.51. The maximum Gasteiger partial charge on any atom is 0.405 e. The van der Waals surface area contributed by atoms with Gasteiger partial charge in [0.15, 0.2) is 0 Å². The smallest absolute Gasteiger partial charge is 0.346 e. The summed E-state index contributed by atoms with van der Waals surface area (Å²) in [4.78, 5) is 9.69. The second-order valence-corrected chi connectivity index (χ2v) is 5.70. The number of rotatable bonds is 4. The van der Waals surface area contributed by atoms with Gasteiger partial charge >= 0.3 is 6.18 Å². The summed E-state index contributed by atoms with van der Waals surface area (Å²) in [5, 5.41) is 0.474. The molecule has 0 radical (unpaired) electrons. The van der Waals surface area contributed by atoms with Crippen molar-refractivity contribution in [3.63, 3.8) is 0 Å². The molecule has 0 N–H and O–H groups in total. The molecule has 112 valence electrons. The van der Waals surface area contributed by atoms with E-state index in [0.717, 1.165) is 43.4 Å². The van der Waals surface area contributed by atoms with Gasteiger partial charge in [0, 0.05) is 23.1 Å². The van der Waals surface area contributed by atoms with Gasteiger partial charge in [0.25, 0.3) is 0 Å². The Morgan fingerprint density at radius 1 is 1.15 bits per heavy atom. The van der Waals surface area contributed by atoms with Crippen LogP contribution < -0.4 is 4.90 Å². The van der Waals surface area contributed by atoms with Crippen LogP contribution in [0.4, 0.5) is 19.0 Å². The molecule has 7 heteroatoms. The lowest BCUT2D eigenvalue weighted by molar-refractivity contribution is -0.119. The van der Waals surface area contributed by atoms with Crippen LogP contribution in [-0.2, 0) is 12.8 Å². The van der Waals surface area contributed by atoms with E-state index in [-0.39, 0.29) is 6.54 Å². The summed E-state index contributed by atoms with van der Waals surface area (Å²) in [7, 11) is 0. The molecule has 0 fully saturated rings. The van der Waals surface area contributed by atoms with Crippen molar-refractivity contribution in [2.75, 3.05) is 23.3 Å². The van der Waals surface area contributed by atoms with Gasteiger partial charge in [-0.15, -0.1) is 0 Å². The average molecular weight is 352 g/mol. The lowest BCUT2D eigenvalue weighted by atomic mass is 10.1. The predicted octanol–water partition coefficient (Wildman–Crippen LogP) is 3.51. The Hall–Kier alpha value is -0.850. The van der Waals surface area contributed by atoms with E-state index in [2.05, 4.69) is 25.9 Å². The highest BCUT2D eigenvalue weighted by Gasteiger charge is 2.32. The SMILES string of the molecule is FC(F)(F)CN(CCBr)c1ncnc2c1CCCCC2. The highest BCUT2D eigenvalue weighted by atomic mass is 79.9. The van der Waals surface area contributed by atoms with Gasteiger partial charge in [0.1, 0.15) is 18.7 Å². The highest BCUT2D eigenvalue weighted by Crippen LogP contribution is 2.28. The summed E-state index contributed by atoms with van der Waals surface area (Å²) < 4.78 is 38.2. The molecule has 1 aromatic heterocycles. The van der Waals surface area contributed by atoms with Crippen LogP contribution in [0.1, 0.15) is 30.5 Å². The number of nitrogens with zero attached hydrogens (tertiary/aromatic N) is 3. The van der Waals surface area contributed by atoms with Crippen molar-refractivity contribution in [3.8, 4) is 0 Å². The van der Waals surface area contributed by atoms with Gasteiger partial charge in [-0.3, -0.25) is 0 Å². The monoisotopic (exact) mass is 351 g/mol. The van der Waals surface area contributed by atoms with E-state index in [4.69, 9.17) is 0 Å². The van der Waals surface area contributed by atoms with Crippen molar-refractivity contribution in [3.05, 3.63) is 17.6 Å². The van der Waals surface area contributed by atoms with Crippen molar-refractivity contribution in [2.45, 2.75) is 38.3 Å². The Kier molecular flexibility index (Phi) is 5.23. The number of halogens is 4. The summed E-state index contributed by atoms with van der Waals surface area (Å²) in [5.41, 5.74) is 1.81. The van der Waals surface area contributed by atoms with E-state index in [1.807, 2.05) is 0 Å². The third kappa shape index (κ3) is 4.07. The normalized spacial score (nSPS) is 15.6. The molecule has 0 bridgehead atoms. The Morgan fingerprint density at radius 2 is 1.90 bits per heavy atom. The standard InChI is InChI=1S/C13H17BrF3N3/c14-6-7-20(8-13(15,16)17)12-10-4-2-1-3-5-11(10)18-9-19-12/h9H,1-8H2. The van der Waals surface area contributed by atoms with Crippen molar-refractivity contribution in [2.24, 2.45) is 0 Å². The summed E-state index contributed by atoms with van der Waals surface area (Å²) in [6.07, 6.45) is 1.87. The van der Waals surface area contributed by atoms with Gasteiger partial charge in [-0.25, -0.2) is 9.97 Å². The molecule has 0 spiro atoms. The summed E-state index contributed by atoms with van der Waals surface area (Å²) >= 11 is 3.21. The molecule has 0 saturated heterocycles. The van der Waals surface area contributed by atoms with Crippen molar-refractivity contribution >= 4 is 21.7 Å². The van der Waals surface area contributed by atoms with E-state index >= 15 is 0 Å². The second kappa shape index (κ2) is 6.74. The fourth-order valence-corrected chi connectivity index (χ4v) is 2.96. The van der Waals surface area contributed by atoms with E-state index < -0.39 is 12.7 Å². The molecule has 0 saturated carbocycles. The van der Waals surface area contributed by atoms with Gasteiger partial charge in [-0.1, -0.05) is 22.4 Å². The van der Waals surface area contributed by atoms with Crippen LogP contribution >= 0.6 is 15.9 Å². The Bertz CT molecular complexity index is 451. The zero-order valence-corrected chi connectivity index (χ0v) is 12.7. The van der Waals surface area contributed by atoms with Crippen LogP contribution in [0.15, 0.2) is 6.33 Å². The molecule has 20 heavy (non-hydrogen) atoms. The molecule has 1 aliphatic rings. The lowest BCUT2D eigenvalue weighted by Crippen LogP contribution is -2.37. The third-order valence-electron chi connectivity index (χ3n) is 3.38. The number of alkyl halides is 4. The van der Waals surface area contributed by atoms with Gasteiger partial charge < -0.3 is 4.90 Å². The van der Waals surface area contributed by atoms with Gasteiger partial charge in [-0.2, -0.15) is 13.2 Å². The van der Waals surface area contributed by atoms with E-state index in [0.29, 0.717) is 11.1 Å². The molecule has 1 aliphatic carbocycles. The number of fused-ring (bicyclic) bond motifs is 1. The molecule has 0 aliphatic heterocycles. The van der Waals surface area contributed by atoms with E-state index in [1.165, 1.54) is 11.2 Å². The average Bonchev–Trinajstić information content (AvgIpc) is 2.61. The Morgan fingerprint density at radius 3 is 2.60 bits per heavy atom. The summed E-state index contributed by atoms with van der Waals surface area (Å²) in [5.74, 6) is 0.452. The van der Waals surface area contributed by atoms with Crippen molar-refractivity contribution in [1.29, 1.82) is 0 Å². The zero-order valence-electron chi connectivity index (χ0n) is 11.1. The molecule has 0 unspecified atom stereocenters. The molecule has 0 aromatic carbocycles. The summed E-state index contributed by atoms with van der Waals surface area (Å²) in [6, 6.07) is 0. The van der Waals surface area contributed by atoms with Crippen LogP contribution in [0.25, 0.3) is 0 Å². The maximum atomic E-state index is 12.7. The largest absolute Gasteiger partial charge is 0.405 e. The van der Waals surface area contributed by atoms with Gasteiger partial charge in [-0.05, 0) is 25.7 Å². The van der Waals surface area contributed by atoms with Crippen molar-refractivity contribution < 1.29 is 13.2 Å². The number of hydrogen-bond acceptors (Lipinski definition) is 3. The van der Waals surface area contributed by atoms with Crippen LogP contribution in [0.2, 0.25) is 0 Å². The van der Waals surface area contributed by atoms with E-state index in [1.54, 1.807) is 0 Å². The molecule has 2 rings (SSSR count). The minimum atomic E-state index is -4.23. The maximum absolute atomic E-state index is 12.7. The molecule has 1 aromatic rings. The first kappa shape index (κ1) is 15.5. The minimum absolute atomic E-state index is 0.281. The third-order valence-corrected chi connectivity index (χ3v) is 3.73. The zero-order chi connectivity index (χ0) is 14.6. The molecular formula is C13H17BrF3N3. The fourth-order valence-electron chi connectivity index (χ4n) is 2.53. The van der Waals surface area contributed by atoms with Crippen molar-refractivity contribution in [1.82, 2.24) is 9.97 Å². The number of hydrogen-bond donors (Lipinski definition) is 0. The molecule has 3 nitrogen and oxygen atoms in total. The quantitative estimate of drug-likeness (QED) is 0.614. The molecule has 1 heterocycles. The highest BCUT2D eigenvalue weighted by molar-refractivity contribution is 9.09. The second-order valence-electron chi connectivity index (χ2n) is 4.91. The molecule has 0 amide bonds. The topological polar surface area (TPSA) is 29.0 Å². The number of aryl methyl sites for hydroxylation is 1. The minimum Gasteiger partial charge on any atom is -0.346 e. The summed E-state index contributed by atoms with van der Waals surface area (Å²) in [6.45, 7) is -0.689. The van der Waals surface area contributed by atoms with Crippen LogP contribution in [0, 0.1) is 0 Å². The first-order valence-corrected chi connectivity index (χ1v) is 7.84. The van der Waals surface area contributed by atoms with E-state index in [9.17, 15) is 13.2 Å². The molecule has 0 atom stereocenters. The van der Waals surface area contributed by atoms with Crippen LogP contribution in [-0.4, -0.2) is 34.6 Å². The Balaban J connectivity index is 2.32. The van der Waals surface area contributed by atoms with Crippen LogP contribution in [0.5, 0.6) is 0 Å². The fraction of sp³-hybridized carbons (Fsp3) is 0.692. The van der Waals surface area contributed by atoms with Crippen LogP contribution in [0.3, 0.4) is 0 Å². The number of aromatic nitrogens is 2. The Labute approximate surface area is 124 Å². The molecular weight excluding hydrogens is 335 g/mol. The lowest BCUT2D eigenvalue weighted by Gasteiger charge is -2.26. The van der Waals surface area contributed by atoms with Gasteiger partial charge in [0.2, 0.25) is 0 Å².